The molecule has 2 saturated heterocycles. The van der Waals surface area contributed by atoms with Crippen molar-refractivity contribution in [2.75, 3.05) is 44.9 Å². The molecule has 11 heteroatoms. The number of aromatic nitrogens is 4. The molecule has 2 unspecified atom stereocenters. The molecule has 6 rings (SSSR count). The number of nitriles is 1. The second-order valence-corrected chi connectivity index (χ2v) is 11.2. The summed E-state index contributed by atoms with van der Waals surface area (Å²) in [4.78, 5) is 14.0. The van der Waals surface area contributed by atoms with E-state index in [-0.39, 0.29) is 18.7 Å². The Kier molecular flexibility index (Phi) is 7.21. The van der Waals surface area contributed by atoms with Crippen molar-refractivity contribution in [3.8, 4) is 28.8 Å². The second kappa shape index (κ2) is 11.0. The molecule has 0 saturated carbocycles. The molecule has 2 atom stereocenters. The Morgan fingerprint density at radius 2 is 1.90 bits per heavy atom. The fourth-order valence-electron chi connectivity index (χ4n) is 5.48. The number of anilines is 1. The molecule has 212 valence electrons. The number of ether oxygens (including phenoxy) is 3. The third kappa shape index (κ3) is 5.67. The van der Waals surface area contributed by atoms with E-state index in [1.807, 2.05) is 36.7 Å². The highest BCUT2D eigenvalue weighted by Gasteiger charge is 2.38. The van der Waals surface area contributed by atoms with Gasteiger partial charge in [0.05, 0.1) is 61.5 Å². The van der Waals surface area contributed by atoms with Crippen molar-refractivity contribution in [2.24, 2.45) is 0 Å². The number of nitrogens with zero attached hydrogens (tertiary/aromatic N) is 7. The molecule has 2 aliphatic rings. The van der Waals surface area contributed by atoms with E-state index in [1.165, 1.54) is 0 Å². The highest BCUT2D eigenvalue weighted by Crippen LogP contribution is 2.33. The zero-order valence-electron chi connectivity index (χ0n) is 23.4. The molecule has 0 aliphatic carbocycles. The van der Waals surface area contributed by atoms with E-state index in [2.05, 4.69) is 32.0 Å². The maximum atomic E-state index is 10.1. The Morgan fingerprint density at radius 3 is 2.54 bits per heavy atom. The molecule has 0 spiro atoms. The number of aliphatic hydroxyl groups is 1. The van der Waals surface area contributed by atoms with Crippen LogP contribution in [0.15, 0.2) is 55.1 Å². The Bertz CT molecular complexity index is 1540. The van der Waals surface area contributed by atoms with Gasteiger partial charge < -0.3 is 24.2 Å². The van der Waals surface area contributed by atoms with Crippen LogP contribution in [0.4, 0.5) is 5.82 Å². The number of rotatable bonds is 8. The third-order valence-electron chi connectivity index (χ3n) is 7.47. The summed E-state index contributed by atoms with van der Waals surface area (Å²) in [6.07, 6.45) is 6.97. The summed E-state index contributed by atoms with van der Waals surface area (Å²) in [5, 5.41) is 24.2. The zero-order valence-corrected chi connectivity index (χ0v) is 23.4. The fourth-order valence-corrected chi connectivity index (χ4v) is 5.48. The smallest absolute Gasteiger partial charge is 0.212 e. The number of morpholine rings is 1. The van der Waals surface area contributed by atoms with Gasteiger partial charge in [0, 0.05) is 49.2 Å². The molecule has 4 aromatic rings. The van der Waals surface area contributed by atoms with Gasteiger partial charge in [0.25, 0.3) is 0 Å². The lowest BCUT2D eigenvalue weighted by Gasteiger charge is -2.50. The highest BCUT2D eigenvalue weighted by molar-refractivity contribution is 5.85. The van der Waals surface area contributed by atoms with Crippen LogP contribution in [0.3, 0.4) is 0 Å². The van der Waals surface area contributed by atoms with E-state index in [1.54, 1.807) is 37.9 Å². The Labute approximate surface area is 238 Å². The SMILES string of the molecule is COc1ccc(CN2C3COCC2CN(c2ccc(-c4cc(OCC(C)(C)O)cn5ncc(C#N)c45)cn2)C3)cn1. The minimum absolute atomic E-state index is 0.120. The molecular weight excluding hydrogens is 522 g/mol. The lowest BCUT2D eigenvalue weighted by atomic mass is 10.0. The van der Waals surface area contributed by atoms with Gasteiger partial charge >= 0.3 is 0 Å². The lowest BCUT2D eigenvalue weighted by molar-refractivity contribution is -0.0620. The van der Waals surface area contributed by atoms with Gasteiger partial charge in [0.15, 0.2) is 0 Å². The van der Waals surface area contributed by atoms with E-state index in [9.17, 15) is 10.4 Å². The quantitative estimate of drug-likeness (QED) is 0.347. The van der Waals surface area contributed by atoms with Crippen molar-refractivity contribution in [2.45, 2.75) is 38.1 Å². The standard InChI is InChI=1S/C30H33N7O4/c1-30(2,38)19-41-25-8-26(29-22(9-31)12-34-37(29)16-25)21-5-6-27(32-11-21)35-14-23-17-40-18-24(15-35)36(23)13-20-4-7-28(39-3)33-10-20/h4-8,10-12,16,23-24,38H,13-15,17-19H2,1-3H3. The van der Waals surface area contributed by atoms with Gasteiger partial charge in [-0.25, -0.2) is 14.5 Å². The predicted molar refractivity (Wildman–Crippen MR) is 152 cm³/mol. The first-order valence-electron chi connectivity index (χ1n) is 13.6. The molecule has 41 heavy (non-hydrogen) atoms. The topological polar surface area (TPSA) is 121 Å². The van der Waals surface area contributed by atoms with Crippen LogP contribution in [-0.2, 0) is 11.3 Å². The molecule has 6 heterocycles. The average Bonchev–Trinajstić information content (AvgIpc) is 3.39. The Hall–Kier alpha value is -4.24. The van der Waals surface area contributed by atoms with Crippen LogP contribution in [0.1, 0.15) is 25.0 Å². The van der Waals surface area contributed by atoms with Gasteiger partial charge in [-0.1, -0.05) is 6.07 Å². The highest BCUT2D eigenvalue weighted by atomic mass is 16.5. The molecule has 1 N–H and O–H groups in total. The Morgan fingerprint density at radius 1 is 1.10 bits per heavy atom. The van der Waals surface area contributed by atoms with Crippen LogP contribution in [-0.4, -0.2) is 87.3 Å². The van der Waals surface area contributed by atoms with Crippen LogP contribution in [0, 0.1) is 11.3 Å². The average molecular weight is 556 g/mol. The summed E-state index contributed by atoms with van der Waals surface area (Å²) in [5.41, 5.74) is 2.95. The number of methoxy groups -OCH3 is 1. The predicted octanol–water partition coefficient (Wildman–Crippen LogP) is 2.91. The number of fused-ring (bicyclic) bond motifs is 3. The summed E-state index contributed by atoms with van der Waals surface area (Å²) in [5.74, 6) is 2.06. The lowest BCUT2D eigenvalue weighted by Crippen LogP contribution is -2.64. The van der Waals surface area contributed by atoms with Crippen LogP contribution < -0.4 is 14.4 Å². The molecule has 0 radical (unpaired) electrons. The van der Waals surface area contributed by atoms with E-state index in [4.69, 9.17) is 19.2 Å². The summed E-state index contributed by atoms with van der Waals surface area (Å²) in [6.45, 7) is 7.25. The van der Waals surface area contributed by atoms with Gasteiger partial charge in [-0.3, -0.25) is 4.90 Å². The third-order valence-corrected chi connectivity index (χ3v) is 7.47. The Balaban J connectivity index is 1.23. The fraction of sp³-hybridized carbons (Fsp3) is 0.400. The first-order valence-corrected chi connectivity index (χ1v) is 13.6. The first-order chi connectivity index (χ1) is 19.8. The van der Waals surface area contributed by atoms with Crippen LogP contribution in [0.2, 0.25) is 0 Å². The van der Waals surface area contributed by atoms with Crippen LogP contribution >= 0.6 is 0 Å². The molecule has 0 aromatic carbocycles. The van der Waals surface area contributed by atoms with E-state index in [0.717, 1.165) is 42.1 Å². The number of hydrogen-bond acceptors (Lipinski definition) is 10. The normalized spacial score (nSPS) is 19.2. The maximum absolute atomic E-state index is 10.1. The number of hydrogen-bond donors (Lipinski definition) is 1. The minimum Gasteiger partial charge on any atom is -0.489 e. The van der Waals surface area contributed by atoms with Crippen molar-refractivity contribution in [1.82, 2.24) is 24.5 Å². The molecule has 0 amide bonds. The van der Waals surface area contributed by atoms with Gasteiger partial charge in [-0.15, -0.1) is 0 Å². The molecule has 2 aliphatic heterocycles. The van der Waals surface area contributed by atoms with E-state index >= 15 is 0 Å². The molecule has 2 bridgehead atoms. The number of pyridine rings is 3. The van der Waals surface area contributed by atoms with E-state index in [0.29, 0.717) is 35.9 Å². The van der Waals surface area contributed by atoms with Crippen LogP contribution in [0.5, 0.6) is 11.6 Å². The molecule has 2 fully saturated rings. The first kappa shape index (κ1) is 27.0. The van der Waals surface area contributed by atoms with Crippen LogP contribution in [0.25, 0.3) is 16.6 Å². The zero-order chi connectivity index (χ0) is 28.6. The minimum atomic E-state index is -0.987. The number of piperazine rings is 1. The van der Waals surface area contributed by atoms with Gasteiger partial charge in [-0.2, -0.15) is 10.4 Å². The maximum Gasteiger partial charge on any atom is 0.212 e. The van der Waals surface area contributed by atoms with Crippen molar-refractivity contribution < 1.29 is 19.3 Å². The molecule has 11 nitrogen and oxygen atoms in total. The monoisotopic (exact) mass is 555 g/mol. The largest absolute Gasteiger partial charge is 0.489 e. The van der Waals surface area contributed by atoms with Crippen molar-refractivity contribution in [1.29, 1.82) is 5.26 Å². The van der Waals surface area contributed by atoms with Gasteiger partial charge in [0.1, 0.15) is 24.2 Å². The summed E-state index contributed by atoms with van der Waals surface area (Å²) < 4.78 is 18.6. The summed E-state index contributed by atoms with van der Waals surface area (Å²) in [7, 11) is 1.62. The molecule has 4 aromatic heterocycles. The van der Waals surface area contributed by atoms with Crippen molar-refractivity contribution in [3.05, 3.63) is 66.2 Å². The molecular formula is C30H33N7O4. The second-order valence-electron chi connectivity index (χ2n) is 11.2. The van der Waals surface area contributed by atoms with Crippen molar-refractivity contribution in [3.63, 3.8) is 0 Å². The van der Waals surface area contributed by atoms with E-state index < -0.39 is 5.60 Å². The van der Waals surface area contributed by atoms with Gasteiger partial charge in [-0.05, 0) is 37.6 Å². The summed E-state index contributed by atoms with van der Waals surface area (Å²) >= 11 is 0. The van der Waals surface area contributed by atoms with Crippen molar-refractivity contribution >= 4 is 11.3 Å². The summed E-state index contributed by atoms with van der Waals surface area (Å²) in [6, 6.07) is 12.6. The van der Waals surface area contributed by atoms with Gasteiger partial charge in [0.2, 0.25) is 5.88 Å².